The van der Waals surface area contributed by atoms with Crippen LogP contribution in [-0.4, -0.2) is 40.6 Å². The van der Waals surface area contributed by atoms with Crippen molar-refractivity contribution in [3.63, 3.8) is 0 Å². The molecule has 1 aliphatic rings. The van der Waals surface area contributed by atoms with Gasteiger partial charge in [0.25, 0.3) is 0 Å². The van der Waals surface area contributed by atoms with E-state index in [0.717, 1.165) is 41.2 Å². The molecule has 152 valence electrons. The summed E-state index contributed by atoms with van der Waals surface area (Å²) in [6, 6.07) is 10.0. The summed E-state index contributed by atoms with van der Waals surface area (Å²) in [6.07, 6.45) is 1.85. The number of hydrogen-bond donors (Lipinski definition) is 0. The largest absolute Gasteiger partial charge is 0.368 e. The van der Waals surface area contributed by atoms with Crippen molar-refractivity contribution in [2.45, 2.75) is 39.2 Å². The van der Waals surface area contributed by atoms with Crippen LogP contribution < -0.4 is 0 Å². The van der Waals surface area contributed by atoms with E-state index in [4.69, 9.17) is 14.2 Å². The Morgan fingerprint density at radius 2 is 2.21 bits per heavy atom. The van der Waals surface area contributed by atoms with Gasteiger partial charge in [-0.2, -0.15) is 0 Å². The summed E-state index contributed by atoms with van der Waals surface area (Å²) in [5, 5.41) is 6.13. The van der Waals surface area contributed by atoms with Gasteiger partial charge < -0.3 is 14.2 Å². The lowest BCUT2D eigenvalue weighted by Gasteiger charge is -2.33. The average molecular weight is 412 g/mol. The second-order valence-electron chi connectivity index (χ2n) is 7.15. The van der Waals surface area contributed by atoms with Crippen molar-refractivity contribution in [1.29, 1.82) is 0 Å². The van der Waals surface area contributed by atoms with Crippen LogP contribution in [0.2, 0.25) is 0 Å². The first-order valence-corrected chi connectivity index (χ1v) is 10.9. The van der Waals surface area contributed by atoms with E-state index in [2.05, 4.69) is 11.2 Å². The van der Waals surface area contributed by atoms with Crippen molar-refractivity contribution >= 4 is 17.2 Å². The molecular weight excluding hydrogens is 386 g/mol. The van der Waals surface area contributed by atoms with Crippen LogP contribution in [-0.2, 0) is 22.4 Å². The summed E-state index contributed by atoms with van der Waals surface area (Å²) in [5.74, 6) is 1.01. The Bertz CT molecular complexity index is 968. The predicted molar refractivity (Wildman–Crippen MR) is 112 cm³/mol. The van der Waals surface area contributed by atoms with E-state index >= 15 is 0 Å². The second kappa shape index (κ2) is 8.88. The van der Waals surface area contributed by atoms with Crippen molar-refractivity contribution in [1.82, 2.24) is 15.0 Å². The summed E-state index contributed by atoms with van der Waals surface area (Å²) in [6.45, 7) is 5.65. The Morgan fingerprint density at radius 3 is 3.00 bits per heavy atom. The molecule has 1 atom stereocenters. The van der Waals surface area contributed by atoms with E-state index in [1.807, 2.05) is 48.4 Å². The molecular formula is C22H25N3O3S. The monoisotopic (exact) mass is 411 g/mol. The van der Waals surface area contributed by atoms with Crippen LogP contribution >= 0.6 is 11.3 Å². The van der Waals surface area contributed by atoms with Crippen molar-refractivity contribution < 1.29 is 14.1 Å². The van der Waals surface area contributed by atoms with Crippen molar-refractivity contribution in [3.8, 4) is 11.3 Å². The number of morpholine rings is 1. The summed E-state index contributed by atoms with van der Waals surface area (Å²) >= 11 is 1.70. The van der Waals surface area contributed by atoms with Crippen LogP contribution in [0, 0.1) is 6.92 Å². The third-order valence-corrected chi connectivity index (χ3v) is 6.13. The van der Waals surface area contributed by atoms with Gasteiger partial charge in [-0.15, -0.1) is 11.3 Å². The molecule has 0 bridgehead atoms. The Labute approximate surface area is 174 Å². The van der Waals surface area contributed by atoms with Gasteiger partial charge in [-0.05, 0) is 36.9 Å². The molecule has 1 aliphatic heterocycles. The molecule has 3 aromatic heterocycles. The van der Waals surface area contributed by atoms with Crippen molar-refractivity contribution in [2.24, 2.45) is 0 Å². The summed E-state index contributed by atoms with van der Waals surface area (Å²) in [7, 11) is 0. The first kappa shape index (κ1) is 19.8. The molecule has 1 saturated heterocycles. The van der Waals surface area contributed by atoms with Crippen LogP contribution in [0.5, 0.6) is 0 Å². The summed E-state index contributed by atoms with van der Waals surface area (Å²) in [5.41, 5.74) is 3.46. The van der Waals surface area contributed by atoms with E-state index in [9.17, 15) is 4.79 Å². The van der Waals surface area contributed by atoms with Crippen molar-refractivity contribution in [2.75, 3.05) is 19.7 Å². The molecule has 1 amide bonds. The Hall–Kier alpha value is -2.51. The molecule has 29 heavy (non-hydrogen) atoms. The minimum Gasteiger partial charge on any atom is -0.368 e. The third kappa shape index (κ3) is 4.41. The van der Waals surface area contributed by atoms with Gasteiger partial charge in [0.05, 0.1) is 35.8 Å². The van der Waals surface area contributed by atoms with E-state index in [0.29, 0.717) is 26.1 Å². The number of aromatic nitrogens is 2. The number of carbonyl (C=O) groups excluding carboxylic acids is 1. The zero-order chi connectivity index (χ0) is 20.2. The Kier molecular flexibility index (Phi) is 6.06. The van der Waals surface area contributed by atoms with Gasteiger partial charge in [-0.3, -0.25) is 4.79 Å². The highest BCUT2D eigenvalue weighted by Gasteiger charge is 2.27. The number of thiophene rings is 1. The van der Waals surface area contributed by atoms with E-state index in [1.54, 1.807) is 11.3 Å². The molecule has 0 unspecified atom stereocenters. The van der Waals surface area contributed by atoms with Gasteiger partial charge in [-0.25, -0.2) is 4.98 Å². The van der Waals surface area contributed by atoms with E-state index in [-0.39, 0.29) is 12.0 Å². The smallest absolute Gasteiger partial charge is 0.223 e. The number of pyridine rings is 1. The zero-order valence-electron chi connectivity index (χ0n) is 16.8. The van der Waals surface area contributed by atoms with E-state index in [1.165, 1.54) is 4.88 Å². The van der Waals surface area contributed by atoms with Crippen LogP contribution in [0.4, 0.5) is 0 Å². The standard InChI is InChI=1S/C22H25N3O3S/c1-3-19-22(15(2)24-28-19)18-8-4-7-17(23-18)20-14-25(11-12-27-20)21(26)10-9-16-6-5-13-29-16/h4-8,13,20H,3,9-12,14H2,1-2H3/t20-/m0/s1. The topological polar surface area (TPSA) is 68.5 Å². The fourth-order valence-corrected chi connectivity index (χ4v) is 4.36. The molecule has 7 heteroatoms. The number of carbonyl (C=O) groups is 1. The zero-order valence-corrected chi connectivity index (χ0v) is 17.6. The minimum absolute atomic E-state index is 0.172. The van der Waals surface area contributed by atoms with Gasteiger partial charge in [0.2, 0.25) is 5.91 Å². The first-order chi connectivity index (χ1) is 14.2. The van der Waals surface area contributed by atoms with Gasteiger partial charge in [0, 0.05) is 24.3 Å². The summed E-state index contributed by atoms with van der Waals surface area (Å²) < 4.78 is 11.4. The molecule has 6 nitrogen and oxygen atoms in total. The minimum atomic E-state index is -0.223. The van der Waals surface area contributed by atoms with Crippen LogP contribution in [0.15, 0.2) is 40.2 Å². The number of rotatable bonds is 6. The molecule has 4 heterocycles. The highest BCUT2D eigenvalue weighted by atomic mass is 32.1. The Morgan fingerprint density at radius 1 is 1.31 bits per heavy atom. The number of nitrogens with zero attached hydrogens (tertiary/aromatic N) is 3. The van der Waals surface area contributed by atoms with Crippen LogP contribution in [0.25, 0.3) is 11.3 Å². The maximum Gasteiger partial charge on any atom is 0.223 e. The highest BCUT2D eigenvalue weighted by molar-refractivity contribution is 7.09. The fraction of sp³-hybridized carbons (Fsp3) is 0.409. The quantitative estimate of drug-likeness (QED) is 0.608. The fourth-order valence-electron chi connectivity index (χ4n) is 3.65. The first-order valence-electron chi connectivity index (χ1n) is 10.00. The SMILES string of the molecule is CCc1onc(C)c1-c1cccc([C@@H]2CN(C(=O)CCc3cccs3)CCO2)n1. The van der Waals surface area contributed by atoms with Crippen LogP contribution in [0.1, 0.15) is 41.5 Å². The third-order valence-electron chi connectivity index (χ3n) is 5.20. The number of hydrogen-bond acceptors (Lipinski definition) is 6. The maximum absolute atomic E-state index is 12.7. The molecule has 1 fully saturated rings. The van der Waals surface area contributed by atoms with Crippen molar-refractivity contribution in [3.05, 3.63) is 57.7 Å². The average Bonchev–Trinajstić information content (AvgIpc) is 3.41. The molecule has 0 saturated carbocycles. The molecule has 4 rings (SSSR count). The van der Waals surface area contributed by atoms with E-state index < -0.39 is 0 Å². The lowest BCUT2D eigenvalue weighted by atomic mass is 10.1. The summed E-state index contributed by atoms with van der Waals surface area (Å²) in [4.78, 5) is 20.7. The molecule has 0 aromatic carbocycles. The molecule has 0 N–H and O–H groups in total. The second-order valence-corrected chi connectivity index (χ2v) is 8.18. The Balaban J connectivity index is 1.47. The number of aryl methyl sites for hydroxylation is 3. The normalized spacial score (nSPS) is 16.9. The predicted octanol–water partition coefficient (Wildman–Crippen LogP) is 4.20. The molecule has 0 spiro atoms. The van der Waals surface area contributed by atoms with Gasteiger partial charge >= 0.3 is 0 Å². The molecule has 3 aromatic rings. The number of ether oxygens (including phenoxy) is 1. The lowest BCUT2D eigenvalue weighted by Crippen LogP contribution is -2.42. The lowest BCUT2D eigenvalue weighted by molar-refractivity contribution is -0.139. The van der Waals surface area contributed by atoms with Crippen LogP contribution in [0.3, 0.4) is 0 Å². The molecule has 0 aliphatic carbocycles. The molecule has 0 radical (unpaired) electrons. The maximum atomic E-state index is 12.7. The number of amides is 1. The van der Waals surface area contributed by atoms with Gasteiger partial charge in [0.1, 0.15) is 11.9 Å². The highest BCUT2D eigenvalue weighted by Crippen LogP contribution is 2.29. The van der Waals surface area contributed by atoms with Gasteiger partial charge in [-0.1, -0.05) is 24.2 Å². The van der Waals surface area contributed by atoms with Gasteiger partial charge in [0.15, 0.2) is 0 Å².